The fourth-order valence-corrected chi connectivity index (χ4v) is 5.27. The number of amides is 2. The SMILES string of the molecule is COc1cc([C@H]2C(C#N)=C(SCC(=O)Nc3ccc(C(C)=O)cc3)NC(C)=C2C(=O)Nc2ccccc2)ccc1O. The van der Waals surface area contributed by atoms with Crippen molar-refractivity contribution >= 4 is 40.7 Å². The number of hydrogen-bond acceptors (Lipinski definition) is 8. The van der Waals surface area contributed by atoms with Crippen LogP contribution in [0.5, 0.6) is 11.5 Å². The number of methoxy groups -OCH3 is 1. The third kappa shape index (κ3) is 6.77. The maximum atomic E-state index is 13.6. The van der Waals surface area contributed by atoms with Gasteiger partial charge in [0.05, 0.1) is 35.5 Å². The number of allylic oxidation sites excluding steroid dienone is 2. The standard InChI is InChI=1S/C31H28N4O5S/c1-18-28(30(39)35-22-7-5-4-6-8-22)29(21-11-14-25(37)26(15-21)40-3)24(16-32)31(33-18)41-17-27(38)34-23-12-9-20(10-13-23)19(2)36/h4-15,29,33,37H,17H2,1-3H3,(H,34,38)(H,35,39)/t29-/m0/s1. The van der Waals surface area contributed by atoms with Gasteiger partial charge in [-0.2, -0.15) is 5.26 Å². The second kappa shape index (κ2) is 12.9. The Labute approximate surface area is 241 Å². The predicted molar refractivity (Wildman–Crippen MR) is 158 cm³/mol. The first-order chi connectivity index (χ1) is 19.7. The van der Waals surface area contributed by atoms with Gasteiger partial charge in [-0.25, -0.2) is 0 Å². The molecule has 0 saturated heterocycles. The van der Waals surface area contributed by atoms with Crippen molar-refractivity contribution in [1.82, 2.24) is 5.32 Å². The van der Waals surface area contributed by atoms with E-state index in [1.807, 2.05) is 6.07 Å². The van der Waals surface area contributed by atoms with E-state index in [9.17, 15) is 24.8 Å². The zero-order valence-electron chi connectivity index (χ0n) is 22.6. The van der Waals surface area contributed by atoms with Crippen LogP contribution in [0, 0.1) is 11.3 Å². The Balaban J connectivity index is 1.63. The molecule has 4 N–H and O–H groups in total. The maximum absolute atomic E-state index is 13.6. The molecule has 0 spiro atoms. The number of para-hydroxylation sites is 1. The molecular formula is C31H28N4O5S. The normalized spacial score (nSPS) is 14.5. The summed E-state index contributed by atoms with van der Waals surface area (Å²) >= 11 is 1.13. The van der Waals surface area contributed by atoms with Gasteiger partial charge in [0.15, 0.2) is 17.3 Å². The highest BCUT2D eigenvalue weighted by molar-refractivity contribution is 8.03. The lowest BCUT2D eigenvalue weighted by Crippen LogP contribution is -2.31. The topological polar surface area (TPSA) is 141 Å². The van der Waals surface area contributed by atoms with Crippen LogP contribution in [0.1, 0.15) is 35.7 Å². The van der Waals surface area contributed by atoms with E-state index in [4.69, 9.17) is 4.74 Å². The van der Waals surface area contributed by atoms with E-state index < -0.39 is 11.8 Å². The van der Waals surface area contributed by atoms with Crippen molar-refractivity contribution in [2.75, 3.05) is 23.5 Å². The lowest BCUT2D eigenvalue weighted by atomic mass is 9.82. The Kier molecular flexibility index (Phi) is 9.12. The molecule has 41 heavy (non-hydrogen) atoms. The van der Waals surface area contributed by atoms with Crippen molar-refractivity contribution in [3.8, 4) is 17.6 Å². The number of ether oxygens (including phenoxy) is 1. The molecule has 0 aliphatic carbocycles. The summed E-state index contributed by atoms with van der Waals surface area (Å²) in [7, 11) is 1.42. The van der Waals surface area contributed by atoms with E-state index >= 15 is 0 Å². The zero-order chi connectivity index (χ0) is 29.5. The number of nitrogens with zero attached hydrogens (tertiary/aromatic N) is 1. The lowest BCUT2D eigenvalue weighted by molar-refractivity contribution is -0.114. The van der Waals surface area contributed by atoms with Gasteiger partial charge in [-0.15, -0.1) is 0 Å². The molecule has 9 nitrogen and oxygen atoms in total. The Morgan fingerprint density at radius 1 is 1.02 bits per heavy atom. The number of benzene rings is 3. The third-order valence-electron chi connectivity index (χ3n) is 6.38. The van der Waals surface area contributed by atoms with Crippen molar-refractivity contribution < 1.29 is 24.2 Å². The second-order valence-corrected chi connectivity index (χ2v) is 10.2. The molecule has 1 heterocycles. The molecule has 0 saturated carbocycles. The molecule has 3 aromatic carbocycles. The summed E-state index contributed by atoms with van der Waals surface area (Å²) in [6.07, 6.45) is 0. The molecular weight excluding hydrogens is 540 g/mol. The van der Waals surface area contributed by atoms with Gasteiger partial charge in [0.25, 0.3) is 5.91 Å². The number of dihydropyridines is 1. The molecule has 2 amide bonds. The molecule has 0 unspecified atom stereocenters. The Morgan fingerprint density at radius 2 is 1.71 bits per heavy atom. The third-order valence-corrected chi connectivity index (χ3v) is 7.40. The van der Waals surface area contributed by atoms with Crippen LogP contribution in [-0.4, -0.2) is 35.6 Å². The van der Waals surface area contributed by atoms with Crippen molar-refractivity contribution in [1.29, 1.82) is 5.26 Å². The van der Waals surface area contributed by atoms with E-state index in [1.165, 1.54) is 20.1 Å². The molecule has 3 aromatic rings. The minimum Gasteiger partial charge on any atom is -0.504 e. The highest BCUT2D eigenvalue weighted by Crippen LogP contribution is 2.43. The summed E-state index contributed by atoms with van der Waals surface area (Å²) < 4.78 is 5.29. The number of aromatic hydroxyl groups is 1. The van der Waals surface area contributed by atoms with Crippen molar-refractivity contribution in [3.63, 3.8) is 0 Å². The lowest BCUT2D eigenvalue weighted by Gasteiger charge is -2.30. The van der Waals surface area contributed by atoms with Crippen LogP contribution in [0.25, 0.3) is 0 Å². The molecule has 1 atom stereocenters. The number of Topliss-reactive ketones (excluding diaryl/α,β-unsaturated/α-hetero) is 1. The smallest absolute Gasteiger partial charge is 0.254 e. The zero-order valence-corrected chi connectivity index (χ0v) is 23.5. The van der Waals surface area contributed by atoms with E-state index in [1.54, 1.807) is 67.6 Å². The number of carbonyl (C=O) groups excluding carboxylic acids is 3. The average molecular weight is 569 g/mol. The Hall–Kier alpha value is -5.01. The van der Waals surface area contributed by atoms with Gasteiger partial charge in [-0.05, 0) is 67.9 Å². The highest BCUT2D eigenvalue weighted by Gasteiger charge is 2.35. The summed E-state index contributed by atoms with van der Waals surface area (Å²) in [6.45, 7) is 3.20. The fraction of sp³-hybridized carbons (Fsp3) is 0.161. The fourth-order valence-electron chi connectivity index (χ4n) is 4.38. The van der Waals surface area contributed by atoms with E-state index in [0.29, 0.717) is 38.8 Å². The minimum absolute atomic E-state index is 0.0214. The molecule has 0 aromatic heterocycles. The van der Waals surface area contributed by atoms with Crippen LogP contribution in [0.15, 0.2) is 94.7 Å². The summed E-state index contributed by atoms with van der Waals surface area (Å²) in [5, 5.41) is 29.7. The number of phenolic OH excluding ortho intramolecular Hbond substituents is 1. The number of nitrogens with one attached hydrogen (secondary N) is 3. The van der Waals surface area contributed by atoms with Gasteiger partial charge in [-0.3, -0.25) is 14.4 Å². The van der Waals surface area contributed by atoms with Crippen molar-refractivity contribution in [3.05, 3.63) is 106 Å². The van der Waals surface area contributed by atoms with Crippen LogP contribution in [0.4, 0.5) is 11.4 Å². The first kappa shape index (κ1) is 29.0. The second-order valence-electron chi connectivity index (χ2n) is 9.17. The molecule has 1 aliphatic heterocycles. The van der Waals surface area contributed by atoms with Crippen LogP contribution in [0.3, 0.4) is 0 Å². The van der Waals surface area contributed by atoms with Gasteiger partial charge in [-0.1, -0.05) is 36.0 Å². The van der Waals surface area contributed by atoms with Gasteiger partial charge >= 0.3 is 0 Å². The number of thioether (sulfide) groups is 1. The number of ketones is 1. The molecule has 10 heteroatoms. The quantitative estimate of drug-likeness (QED) is 0.255. The van der Waals surface area contributed by atoms with Crippen LogP contribution < -0.4 is 20.7 Å². The number of carbonyl (C=O) groups is 3. The number of nitriles is 1. The minimum atomic E-state index is -0.802. The van der Waals surface area contributed by atoms with E-state index in [0.717, 1.165) is 11.8 Å². The van der Waals surface area contributed by atoms with Gasteiger partial charge in [0, 0.05) is 28.2 Å². The Morgan fingerprint density at radius 3 is 2.34 bits per heavy atom. The van der Waals surface area contributed by atoms with Crippen LogP contribution in [0.2, 0.25) is 0 Å². The number of hydrogen-bond donors (Lipinski definition) is 4. The van der Waals surface area contributed by atoms with Gasteiger partial charge < -0.3 is 25.8 Å². The molecule has 4 rings (SSSR count). The van der Waals surface area contributed by atoms with E-state index in [2.05, 4.69) is 22.0 Å². The summed E-state index contributed by atoms with van der Waals surface area (Å²) in [5.41, 5.74) is 3.30. The number of anilines is 2. The Bertz CT molecular complexity index is 1590. The molecule has 0 fully saturated rings. The van der Waals surface area contributed by atoms with Crippen LogP contribution in [-0.2, 0) is 9.59 Å². The number of phenols is 1. The predicted octanol–water partition coefficient (Wildman–Crippen LogP) is 5.31. The summed E-state index contributed by atoms with van der Waals surface area (Å²) in [4.78, 5) is 37.8. The van der Waals surface area contributed by atoms with Crippen LogP contribution >= 0.6 is 11.8 Å². The maximum Gasteiger partial charge on any atom is 0.254 e. The van der Waals surface area contributed by atoms with E-state index in [-0.39, 0.29) is 34.5 Å². The molecule has 1 aliphatic rings. The average Bonchev–Trinajstić information content (AvgIpc) is 2.96. The number of rotatable bonds is 9. The van der Waals surface area contributed by atoms with Crippen molar-refractivity contribution in [2.45, 2.75) is 19.8 Å². The first-order valence-corrected chi connectivity index (χ1v) is 13.6. The van der Waals surface area contributed by atoms with Crippen molar-refractivity contribution in [2.24, 2.45) is 0 Å². The summed E-state index contributed by atoms with van der Waals surface area (Å²) in [5.74, 6) is -1.49. The molecule has 0 bridgehead atoms. The van der Waals surface area contributed by atoms with Gasteiger partial charge in [0.2, 0.25) is 5.91 Å². The molecule has 208 valence electrons. The first-order valence-electron chi connectivity index (χ1n) is 12.6. The largest absolute Gasteiger partial charge is 0.504 e. The van der Waals surface area contributed by atoms with Gasteiger partial charge in [0.1, 0.15) is 0 Å². The summed E-state index contributed by atoms with van der Waals surface area (Å²) in [6, 6.07) is 22.4. The molecule has 0 radical (unpaired) electrons. The monoisotopic (exact) mass is 568 g/mol. The highest BCUT2D eigenvalue weighted by atomic mass is 32.2.